The van der Waals surface area contributed by atoms with Gasteiger partial charge in [0.05, 0.1) is 23.7 Å². The van der Waals surface area contributed by atoms with Crippen LogP contribution in [0, 0.1) is 16.0 Å². The number of ether oxygens (including phenoxy) is 1. The van der Waals surface area contributed by atoms with E-state index in [1.165, 1.54) is 12.1 Å². The van der Waals surface area contributed by atoms with Crippen molar-refractivity contribution in [1.29, 1.82) is 0 Å². The zero-order chi connectivity index (χ0) is 11.4. The van der Waals surface area contributed by atoms with Crippen LogP contribution in [0.4, 0.5) is 5.69 Å². The molecule has 0 aromatic carbocycles. The van der Waals surface area contributed by atoms with Crippen molar-refractivity contribution in [3.05, 3.63) is 27.4 Å². The zero-order valence-electron chi connectivity index (χ0n) is 8.44. The fourth-order valence-corrected chi connectivity index (χ4v) is 1.09. The van der Waals surface area contributed by atoms with Crippen LogP contribution in [0.5, 0.6) is 5.88 Å². The summed E-state index contributed by atoms with van der Waals surface area (Å²) in [7, 11) is 0. The summed E-state index contributed by atoms with van der Waals surface area (Å²) in [6.07, 6.45) is 0. The van der Waals surface area contributed by atoms with Crippen molar-refractivity contribution >= 4 is 17.3 Å². The molecule has 1 rings (SSSR count). The third-order valence-corrected chi connectivity index (χ3v) is 1.72. The Balaban J connectivity index is 2.84. The van der Waals surface area contributed by atoms with Gasteiger partial charge >= 0.3 is 0 Å². The van der Waals surface area contributed by atoms with E-state index >= 15 is 0 Å². The fourth-order valence-electron chi connectivity index (χ4n) is 0.891. The molecule has 0 saturated heterocycles. The Kier molecular flexibility index (Phi) is 3.85. The van der Waals surface area contributed by atoms with Crippen LogP contribution in [-0.4, -0.2) is 16.5 Å². The van der Waals surface area contributed by atoms with Gasteiger partial charge in [0.15, 0.2) is 0 Å². The predicted octanol–water partition coefficient (Wildman–Crippen LogP) is 2.68. The molecule has 1 aromatic heterocycles. The summed E-state index contributed by atoms with van der Waals surface area (Å²) in [5.41, 5.74) is -0.117. The highest BCUT2D eigenvalue weighted by atomic mass is 35.5. The van der Waals surface area contributed by atoms with Crippen LogP contribution in [0.15, 0.2) is 12.1 Å². The Morgan fingerprint density at radius 3 is 2.80 bits per heavy atom. The van der Waals surface area contributed by atoms with E-state index in [0.717, 1.165) is 0 Å². The Morgan fingerprint density at radius 1 is 1.60 bits per heavy atom. The average Bonchev–Trinajstić information content (AvgIpc) is 2.13. The number of nitrogens with zero attached hydrogens (tertiary/aromatic N) is 2. The Hall–Kier alpha value is -1.36. The van der Waals surface area contributed by atoms with Crippen molar-refractivity contribution in [3.63, 3.8) is 0 Å². The third-order valence-electron chi connectivity index (χ3n) is 1.53. The minimum atomic E-state index is -0.532. The summed E-state index contributed by atoms with van der Waals surface area (Å²) in [6.45, 7) is 4.39. The number of pyridine rings is 1. The molecule has 82 valence electrons. The number of hydrogen-bond acceptors (Lipinski definition) is 4. The molecule has 0 aliphatic heterocycles. The van der Waals surface area contributed by atoms with Gasteiger partial charge in [0.1, 0.15) is 5.15 Å². The van der Waals surface area contributed by atoms with Gasteiger partial charge in [-0.05, 0) is 5.92 Å². The first-order chi connectivity index (χ1) is 6.99. The highest BCUT2D eigenvalue weighted by Gasteiger charge is 2.11. The lowest BCUT2D eigenvalue weighted by atomic mass is 10.2. The van der Waals surface area contributed by atoms with Gasteiger partial charge in [-0.2, -0.15) is 0 Å². The van der Waals surface area contributed by atoms with Crippen molar-refractivity contribution in [2.24, 2.45) is 5.92 Å². The second-order valence-electron chi connectivity index (χ2n) is 3.45. The van der Waals surface area contributed by atoms with E-state index in [2.05, 4.69) is 4.98 Å². The molecule has 5 nitrogen and oxygen atoms in total. The number of halogens is 1. The second kappa shape index (κ2) is 4.93. The summed E-state index contributed by atoms with van der Waals surface area (Å²) < 4.78 is 5.24. The van der Waals surface area contributed by atoms with E-state index in [-0.39, 0.29) is 16.7 Å². The van der Waals surface area contributed by atoms with Crippen LogP contribution in [0.25, 0.3) is 0 Å². The van der Waals surface area contributed by atoms with Crippen LogP contribution < -0.4 is 4.74 Å². The molecule has 0 saturated carbocycles. The lowest BCUT2D eigenvalue weighted by Gasteiger charge is -2.07. The molecule has 0 fully saturated rings. The standard InChI is InChI=1S/C9H11ClN2O3/c1-6(2)5-15-9-4-7(12(13)14)3-8(10)11-9/h3-4,6H,5H2,1-2H3. The van der Waals surface area contributed by atoms with Gasteiger partial charge in [0.2, 0.25) is 5.88 Å². The largest absolute Gasteiger partial charge is 0.477 e. The normalized spacial score (nSPS) is 10.4. The lowest BCUT2D eigenvalue weighted by Crippen LogP contribution is -2.06. The first-order valence-corrected chi connectivity index (χ1v) is 4.81. The molecule has 1 aromatic rings. The highest BCUT2D eigenvalue weighted by Crippen LogP contribution is 2.22. The number of nitro groups is 1. The molecule has 0 aliphatic rings. The van der Waals surface area contributed by atoms with Crippen molar-refractivity contribution in [3.8, 4) is 5.88 Å². The van der Waals surface area contributed by atoms with Gasteiger partial charge < -0.3 is 4.74 Å². The summed E-state index contributed by atoms with van der Waals surface area (Å²) in [4.78, 5) is 13.8. The maximum atomic E-state index is 10.5. The van der Waals surface area contributed by atoms with Crippen LogP contribution in [0.2, 0.25) is 5.15 Å². The first-order valence-electron chi connectivity index (χ1n) is 4.44. The molecule has 1 heterocycles. The molecule has 0 unspecified atom stereocenters. The predicted molar refractivity (Wildman–Crippen MR) is 56.2 cm³/mol. The van der Waals surface area contributed by atoms with Gasteiger partial charge in [-0.25, -0.2) is 4.98 Å². The third kappa shape index (κ3) is 3.71. The van der Waals surface area contributed by atoms with Gasteiger partial charge in [0.25, 0.3) is 5.69 Å². The maximum absolute atomic E-state index is 10.5. The molecule has 0 bridgehead atoms. The topological polar surface area (TPSA) is 65.3 Å². The van der Waals surface area contributed by atoms with Crippen LogP contribution in [-0.2, 0) is 0 Å². The molecular weight excluding hydrogens is 220 g/mol. The van der Waals surface area contributed by atoms with E-state index in [0.29, 0.717) is 12.5 Å². The van der Waals surface area contributed by atoms with Crippen molar-refractivity contribution in [2.45, 2.75) is 13.8 Å². The molecule has 15 heavy (non-hydrogen) atoms. The van der Waals surface area contributed by atoms with E-state index in [1.54, 1.807) is 0 Å². The van der Waals surface area contributed by atoms with Crippen LogP contribution in [0.3, 0.4) is 0 Å². The van der Waals surface area contributed by atoms with E-state index < -0.39 is 4.92 Å². The molecule has 6 heteroatoms. The highest BCUT2D eigenvalue weighted by molar-refractivity contribution is 6.29. The van der Waals surface area contributed by atoms with Crippen LogP contribution >= 0.6 is 11.6 Å². The molecular formula is C9H11ClN2O3. The molecule has 0 spiro atoms. The summed E-state index contributed by atoms with van der Waals surface area (Å²) in [5, 5.41) is 10.6. The van der Waals surface area contributed by atoms with E-state index in [1.807, 2.05) is 13.8 Å². The van der Waals surface area contributed by atoms with E-state index in [4.69, 9.17) is 16.3 Å². The zero-order valence-corrected chi connectivity index (χ0v) is 9.19. The quantitative estimate of drug-likeness (QED) is 0.453. The second-order valence-corrected chi connectivity index (χ2v) is 3.84. The minimum Gasteiger partial charge on any atom is -0.477 e. The molecule has 0 N–H and O–H groups in total. The van der Waals surface area contributed by atoms with Gasteiger partial charge in [-0.1, -0.05) is 25.4 Å². The fraction of sp³-hybridized carbons (Fsp3) is 0.444. The molecule has 0 aliphatic carbocycles. The number of hydrogen-bond donors (Lipinski definition) is 0. The Labute approximate surface area is 92.2 Å². The molecule has 0 radical (unpaired) electrons. The minimum absolute atomic E-state index is 0.0583. The summed E-state index contributed by atoms with van der Waals surface area (Å²) in [6, 6.07) is 2.44. The maximum Gasteiger partial charge on any atom is 0.277 e. The molecule has 0 amide bonds. The van der Waals surface area contributed by atoms with Crippen molar-refractivity contribution in [2.75, 3.05) is 6.61 Å². The Bertz CT molecular complexity index is 368. The van der Waals surface area contributed by atoms with Gasteiger partial charge in [0, 0.05) is 0 Å². The SMILES string of the molecule is CC(C)COc1cc([N+](=O)[O-])cc(Cl)n1. The van der Waals surface area contributed by atoms with E-state index in [9.17, 15) is 10.1 Å². The van der Waals surface area contributed by atoms with Gasteiger partial charge in [-0.15, -0.1) is 0 Å². The van der Waals surface area contributed by atoms with Crippen molar-refractivity contribution in [1.82, 2.24) is 4.98 Å². The Morgan fingerprint density at radius 2 is 2.27 bits per heavy atom. The monoisotopic (exact) mass is 230 g/mol. The lowest BCUT2D eigenvalue weighted by molar-refractivity contribution is -0.385. The van der Waals surface area contributed by atoms with Gasteiger partial charge in [-0.3, -0.25) is 10.1 Å². The van der Waals surface area contributed by atoms with Crippen molar-refractivity contribution < 1.29 is 9.66 Å². The molecule has 0 atom stereocenters. The van der Waals surface area contributed by atoms with Crippen LogP contribution in [0.1, 0.15) is 13.8 Å². The number of aromatic nitrogens is 1. The summed E-state index contributed by atoms with van der Waals surface area (Å²) in [5.74, 6) is 0.507. The first kappa shape index (κ1) is 11.7. The smallest absolute Gasteiger partial charge is 0.277 e. The average molecular weight is 231 g/mol. The number of rotatable bonds is 4. The summed E-state index contributed by atoms with van der Waals surface area (Å²) >= 11 is 5.61.